The molecule has 0 saturated carbocycles. The quantitative estimate of drug-likeness (QED) is 0.828. The van der Waals surface area contributed by atoms with E-state index in [-0.39, 0.29) is 11.3 Å². The normalized spacial score (nSPS) is 10.0. The van der Waals surface area contributed by atoms with Crippen LogP contribution in [0.2, 0.25) is 0 Å². The van der Waals surface area contributed by atoms with E-state index in [1.54, 1.807) is 12.1 Å². The minimum Gasteiger partial charge on any atom is -0.507 e. The third kappa shape index (κ3) is 4.47. The molecule has 6 nitrogen and oxygen atoms in total. The highest BCUT2D eigenvalue weighted by molar-refractivity contribution is 5.97. The zero-order valence-corrected chi connectivity index (χ0v) is 12.8. The van der Waals surface area contributed by atoms with Crippen molar-refractivity contribution in [2.45, 2.75) is 6.92 Å². The number of aryl methyl sites for hydroxylation is 1. The fraction of sp³-hybridized carbons (Fsp3) is 0.176. The number of ether oxygens (including phenoxy) is 2. The van der Waals surface area contributed by atoms with Crippen molar-refractivity contribution in [3.8, 4) is 11.5 Å². The predicted molar refractivity (Wildman–Crippen MR) is 84.8 cm³/mol. The van der Waals surface area contributed by atoms with Crippen LogP contribution < -0.4 is 10.1 Å². The van der Waals surface area contributed by atoms with Gasteiger partial charge in [0.05, 0.1) is 7.11 Å². The van der Waals surface area contributed by atoms with E-state index in [0.717, 1.165) is 5.56 Å². The van der Waals surface area contributed by atoms with E-state index < -0.39 is 18.5 Å². The number of carbonyl (C=O) groups excluding carboxylic acids is 2. The molecule has 0 radical (unpaired) electrons. The Kier molecular flexibility index (Phi) is 5.19. The van der Waals surface area contributed by atoms with Crippen molar-refractivity contribution in [1.29, 1.82) is 0 Å². The van der Waals surface area contributed by atoms with Crippen LogP contribution in [0.25, 0.3) is 0 Å². The molecule has 0 atom stereocenters. The van der Waals surface area contributed by atoms with Gasteiger partial charge in [-0.3, -0.25) is 4.79 Å². The SMILES string of the molecule is COc1ccc(O)c(C(=O)OCC(=O)Nc2cccc(C)c2)c1. The maximum absolute atomic E-state index is 11.9. The number of carbonyl (C=O) groups is 2. The molecule has 6 heteroatoms. The topological polar surface area (TPSA) is 84.9 Å². The van der Waals surface area contributed by atoms with Crippen molar-refractivity contribution in [3.05, 3.63) is 53.6 Å². The molecule has 2 N–H and O–H groups in total. The van der Waals surface area contributed by atoms with Crippen LogP contribution in [0, 0.1) is 6.92 Å². The summed E-state index contributed by atoms with van der Waals surface area (Å²) in [5.41, 5.74) is 1.56. The Morgan fingerprint density at radius 1 is 1.17 bits per heavy atom. The van der Waals surface area contributed by atoms with Crippen molar-refractivity contribution < 1.29 is 24.2 Å². The number of aromatic hydroxyl groups is 1. The van der Waals surface area contributed by atoms with E-state index in [4.69, 9.17) is 9.47 Å². The summed E-state index contributed by atoms with van der Waals surface area (Å²) in [6.45, 7) is 1.45. The highest BCUT2D eigenvalue weighted by atomic mass is 16.5. The summed E-state index contributed by atoms with van der Waals surface area (Å²) in [6, 6.07) is 11.4. The van der Waals surface area contributed by atoms with Crippen LogP contribution in [0.3, 0.4) is 0 Å². The fourth-order valence-corrected chi connectivity index (χ4v) is 1.93. The minimum absolute atomic E-state index is 0.0623. The number of rotatable bonds is 5. The second-order valence-electron chi connectivity index (χ2n) is 4.88. The summed E-state index contributed by atoms with van der Waals surface area (Å²) in [5.74, 6) is -1.11. The highest BCUT2D eigenvalue weighted by Crippen LogP contribution is 2.23. The van der Waals surface area contributed by atoms with Crippen molar-refractivity contribution in [1.82, 2.24) is 0 Å². The van der Waals surface area contributed by atoms with Crippen molar-refractivity contribution in [2.24, 2.45) is 0 Å². The number of amides is 1. The van der Waals surface area contributed by atoms with E-state index in [9.17, 15) is 14.7 Å². The lowest BCUT2D eigenvalue weighted by Crippen LogP contribution is -2.21. The molecule has 0 saturated heterocycles. The van der Waals surface area contributed by atoms with Gasteiger partial charge in [0.1, 0.15) is 17.1 Å². The Hall–Kier alpha value is -3.02. The lowest BCUT2D eigenvalue weighted by Gasteiger charge is -2.09. The molecule has 23 heavy (non-hydrogen) atoms. The standard InChI is InChI=1S/C17H17NO5/c1-11-4-3-5-12(8-11)18-16(20)10-23-17(21)14-9-13(22-2)6-7-15(14)19/h3-9,19H,10H2,1-2H3,(H,18,20). The molecule has 0 aliphatic rings. The number of nitrogens with one attached hydrogen (secondary N) is 1. The summed E-state index contributed by atoms with van der Waals surface area (Å²) in [5, 5.41) is 12.3. The molecule has 0 spiro atoms. The molecule has 0 heterocycles. The van der Waals surface area contributed by atoms with Crippen LogP contribution in [0.15, 0.2) is 42.5 Å². The van der Waals surface area contributed by atoms with E-state index in [0.29, 0.717) is 11.4 Å². The molecule has 0 aromatic heterocycles. The molecule has 1 amide bonds. The first-order valence-corrected chi connectivity index (χ1v) is 6.90. The van der Waals surface area contributed by atoms with Gasteiger partial charge in [-0.25, -0.2) is 4.79 Å². The number of hydrogen-bond acceptors (Lipinski definition) is 5. The summed E-state index contributed by atoms with van der Waals surface area (Å²) in [6.07, 6.45) is 0. The lowest BCUT2D eigenvalue weighted by atomic mass is 10.2. The number of benzene rings is 2. The number of esters is 1. The molecule has 0 fully saturated rings. The number of anilines is 1. The lowest BCUT2D eigenvalue weighted by molar-refractivity contribution is -0.119. The van der Waals surface area contributed by atoms with Gasteiger partial charge in [-0.15, -0.1) is 0 Å². The van der Waals surface area contributed by atoms with Gasteiger partial charge in [-0.2, -0.15) is 0 Å². The van der Waals surface area contributed by atoms with E-state index in [2.05, 4.69) is 5.32 Å². The Balaban J connectivity index is 1.95. The summed E-state index contributed by atoms with van der Waals surface area (Å²) < 4.78 is 9.88. The van der Waals surface area contributed by atoms with Crippen LogP contribution >= 0.6 is 0 Å². The molecule has 2 rings (SSSR count). The van der Waals surface area contributed by atoms with Gasteiger partial charge >= 0.3 is 5.97 Å². The number of phenolic OH excluding ortho intramolecular Hbond substituents is 1. The molecule has 2 aromatic carbocycles. The Bertz CT molecular complexity index is 727. The average molecular weight is 315 g/mol. The molecular formula is C17H17NO5. The van der Waals surface area contributed by atoms with Gasteiger partial charge in [-0.1, -0.05) is 12.1 Å². The van der Waals surface area contributed by atoms with Gasteiger partial charge < -0.3 is 19.9 Å². The first kappa shape index (κ1) is 16.4. The molecule has 2 aromatic rings. The van der Waals surface area contributed by atoms with Gasteiger partial charge in [0, 0.05) is 5.69 Å². The second kappa shape index (κ2) is 7.31. The zero-order valence-electron chi connectivity index (χ0n) is 12.8. The van der Waals surface area contributed by atoms with Crippen molar-refractivity contribution in [2.75, 3.05) is 19.0 Å². The molecule has 0 bridgehead atoms. The summed E-state index contributed by atoms with van der Waals surface area (Å²) >= 11 is 0. The van der Waals surface area contributed by atoms with Crippen LogP contribution in [0.5, 0.6) is 11.5 Å². The highest BCUT2D eigenvalue weighted by Gasteiger charge is 2.15. The smallest absolute Gasteiger partial charge is 0.342 e. The molecule has 120 valence electrons. The van der Waals surface area contributed by atoms with Gasteiger partial charge in [-0.05, 0) is 42.8 Å². The zero-order chi connectivity index (χ0) is 16.8. The molecule has 0 unspecified atom stereocenters. The second-order valence-corrected chi connectivity index (χ2v) is 4.88. The van der Waals surface area contributed by atoms with E-state index in [1.807, 2.05) is 19.1 Å². The number of methoxy groups -OCH3 is 1. The summed E-state index contributed by atoms with van der Waals surface area (Å²) in [4.78, 5) is 23.7. The van der Waals surface area contributed by atoms with E-state index >= 15 is 0 Å². The first-order chi connectivity index (χ1) is 11.0. The largest absolute Gasteiger partial charge is 0.507 e. The fourth-order valence-electron chi connectivity index (χ4n) is 1.93. The van der Waals surface area contributed by atoms with Crippen LogP contribution in [0.4, 0.5) is 5.69 Å². The van der Waals surface area contributed by atoms with Gasteiger partial charge in [0.25, 0.3) is 5.91 Å². The van der Waals surface area contributed by atoms with E-state index in [1.165, 1.54) is 25.3 Å². The maximum atomic E-state index is 11.9. The molecular weight excluding hydrogens is 298 g/mol. The summed E-state index contributed by atoms with van der Waals surface area (Å²) in [7, 11) is 1.44. The first-order valence-electron chi connectivity index (χ1n) is 6.90. The Labute approximate surface area is 133 Å². The number of hydrogen-bond donors (Lipinski definition) is 2. The van der Waals surface area contributed by atoms with Gasteiger partial charge in [0.15, 0.2) is 6.61 Å². The third-order valence-corrected chi connectivity index (χ3v) is 3.06. The third-order valence-electron chi connectivity index (χ3n) is 3.06. The Morgan fingerprint density at radius 2 is 1.96 bits per heavy atom. The maximum Gasteiger partial charge on any atom is 0.342 e. The number of phenols is 1. The average Bonchev–Trinajstić information content (AvgIpc) is 2.53. The van der Waals surface area contributed by atoms with Crippen LogP contribution in [-0.2, 0) is 9.53 Å². The van der Waals surface area contributed by atoms with Gasteiger partial charge in [0.2, 0.25) is 0 Å². The van der Waals surface area contributed by atoms with Crippen molar-refractivity contribution in [3.63, 3.8) is 0 Å². The molecule has 0 aliphatic carbocycles. The molecule has 0 aliphatic heterocycles. The van der Waals surface area contributed by atoms with Crippen LogP contribution in [-0.4, -0.2) is 30.7 Å². The predicted octanol–water partition coefficient (Wildman–Crippen LogP) is 2.50. The minimum atomic E-state index is -0.805. The Morgan fingerprint density at radius 3 is 2.65 bits per heavy atom. The van der Waals surface area contributed by atoms with Crippen molar-refractivity contribution >= 4 is 17.6 Å². The monoisotopic (exact) mass is 315 g/mol. The van der Waals surface area contributed by atoms with Crippen LogP contribution in [0.1, 0.15) is 15.9 Å².